The Morgan fingerprint density at radius 1 is 0.889 bits per heavy atom. The second-order valence-corrected chi connectivity index (χ2v) is 3.83. The highest BCUT2D eigenvalue weighted by Crippen LogP contribution is 1.89. The molecule has 0 saturated carbocycles. The Labute approximate surface area is 110 Å². The number of hydrogen-bond donors (Lipinski definition) is 0. The average Bonchev–Trinajstić information content (AvgIpc) is 2.39. The molecule has 0 rings (SSSR count). The van der Waals surface area contributed by atoms with Crippen molar-refractivity contribution in [1.29, 1.82) is 5.26 Å². The van der Waals surface area contributed by atoms with Crippen LogP contribution in [0.3, 0.4) is 0 Å². The summed E-state index contributed by atoms with van der Waals surface area (Å²) >= 11 is 0. The van der Waals surface area contributed by atoms with E-state index in [1.165, 1.54) is 0 Å². The molecule has 5 heteroatoms. The summed E-state index contributed by atoms with van der Waals surface area (Å²) in [5, 5.41) is 8.46. The Balaban J connectivity index is 2.97. The molecule has 0 spiro atoms. The normalized spacial score (nSPS) is 12.3. The van der Waals surface area contributed by atoms with Crippen LogP contribution in [0.25, 0.3) is 0 Å². The topological polar surface area (TPSA) is 60.7 Å². The second-order valence-electron chi connectivity index (χ2n) is 3.83. The van der Waals surface area contributed by atoms with Gasteiger partial charge in [-0.15, -0.1) is 0 Å². The standard InChI is InChI=1S/C13H25NO4/c1-3-4-5-15-6-7-16-8-9-17-10-11-18-13(2)12-14/h13H,3-11H2,1-2H3. The summed E-state index contributed by atoms with van der Waals surface area (Å²) in [5.74, 6) is 0. The largest absolute Gasteiger partial charge is 0.379 e. The van der Waals surface area contributed by atoms with Crippen molar-refractivity contribution in [3.63, 3.8) is 0 Å². The number of unbranched alkanes of at least 4 members (excludes halogenated alkanes) is 1. The molecule has 0 aromatic carbocycles. The SMILES string of the molecule is CCCCOCCOCCOCCOC(C)C#N. The van der Waals surface area contributed by atoms with Crippen LogP contribution in [0.1, 0.15) is 26.7 Å². The highest BCUT2D eigenvalue weighted by Gasteiger charge is 1.97. The molecule has 0 amide bonds. The minimum atomic E-state index is -0.370. The van der Waals surface area contributed by atoms with Gasteiger partial charge < -0.3 is 18.9 Å². The zero-order chi connectivity index (χ0) is 13.5. The highest BCUT2D eigenvalue weighted by molar-refractivity contribution is 4.78. The number of rotatable bonds is 13. The minimum absolute atomic E-state index is 0.370. The summed E-state index contributed by atoms with van der Waals surface area (Å²) in [6, 6.07) is 1.99. The number of hydrogen-bond acceptors (Lipinski definition) is 5. The van der Waals surface area contributed by atoms with Crippen LogP contribution < -0.4 is 0 Å². The van der Waals surface area contributed by atoms with Crippen molar-refractivity contribution < 1.29 is 18.9 Å². The molecule has 0 heterocycles. The van der Waals surface area contributed by atoms with Crippen molar-refractivity contribution in [3.8, 4) is 6.07 Å². The lowest BCUT2D eigenvalue weighted by Crippen LogP contribution is -2.14. The van der Waals surface area contributed by atoms with Crippen molar-refractivity contribution >= 4 is 0 Å². The van der Waals surface area contributed by atoms with Gasteiger partial charge in [-0.2, -0.15) is 5.26 Å². The van der Waals surface area contributed by atoms with Crippen molar-refractivity contribution in [1.82, 2.24) is 0 Å². The van der Waals surface area contributed by atoms with E-state index < -0.39 is 0 Å². The molecule has 5 nitrogen and oxygen atoms in total. The molecular weight excluding hydrogens is 234 g/mol. The molecule has 0 bridgehead atoms. The summed E-state index contributed by atoms with van der Waals surface area (Å²) in [6.45, 7) is 7.93. The Hall–Kier alpha value is -0.670. The lowest BCUT2D eigenvalue weighted by atomic mass is 10.4. The fourth-order valence-electron chi connectivity index (χ4n) is 1.11. The van der Waals surface area contributed by atoms with E-state index in [-0.39, 0.29) is 6.10 Å². The molecule has 0 aromatic rings. The van der Waals surface area contributed by atoms with Crippen molar-refractivity contribution in [3.05, 3.63) is 0 Å². The van der Waals surface area contributed by atoms with Crippen LogP contribution in [0.15, 0.2) is 0 Å². The monoisotopic (exact) mass is 259 g/mol. The highest BCUT2D eigenvalue weighted by atomic mass is 16.6. The molecular formula is C13H25NO4. The molecule has 0 aliphatic heterocycles. The molecule has 0 N–H and O–H groups in total. The quantitative estimate of drug-likeness (QED) is 0.472. The first-order valence-corrected chi connectivity index (χ1v) is 6.55. The number of nitrogens with zero attached hydrogens (tertiary/aromatic N) is 1. The van der Waals surface area contributed by atoms with E-state index in [1.807, 2.05) is 6.07 Å². The fourth-order valence-corrected chi connectivity index (χ4v) is 1.11. The maximum Gasteiger partial charge on any atom is 0.141 e. The van der Waals surface area contributed by atoms with Gasteiger partial charge in [-0.1, -0.05) is 13.3 Å². The minimum Gasteiger partial charge on any atom is -0.379 e. The summed E-state index contributed by atoms with van der Waals surface area (Å²) in [4.78, 5) is 0. The summed E-state index contributed by atoms with van der Waals surface area (Å²) in [5.41, 5.74) is 0. The molecule has 0 aliphatic carbocycles. The molecule has 1 unspecified atom stereocenters. The van der Waals surface area contributed by atoms with Crippen LogP contribution >= 0.6 is 0 Å². The Bertz CT molecular complexity index is 206. The molecule has 0 saturated heterocycles. The van der Waals surface area contributed by atoms with Crippen LogP contribution in [-0.4, -0.2) is 52.4 Å². The van der Waals surface area contributed by atoms with Gasteiger partial charge in [-0.3, -0.25) is 0 Å². The van der Waals surface area contributed by atoms with E-state index in [9.17, 15) is 0 Å². The van der Waals surface area contributed by atoms with Gasteiger partial charge >= 0.3 is 0 Å². The van der Waals surface area contributed by atoms with Crippen molar-refractivity contribution in [2.45, 2.75) is 32.8 Å². The van der Waals surface area contributed by atoms with E-state index in [4.69, 9.17) is 24.2 Å². The maximum absolute atomic E-state index is 8.46. The molecule has 1 atom stereocenters. The first-order valence-electron chi connectivity index (χ1n) is 6.55. The predicted octanol–water partition coefficient (Wildman–Crippen LogP) is 1.76. The van der Waals surface area contributed by atoms with E-state index in [0.717, 1.165) is 19.4 Å². The van der Waals surface area contributed by atoms with Gasteiger partial charge in [-0.25, -0.2) is 0 Å². The molecule has 106 valence electrons. The Kier molecular flexibility index (Phi) is 13.9. The number of ether oxygens (including phenoxy) is 4. The molecule has 0 fully saturated rings. The Morgan fingerprint density at radius 3 is 1.89 bits per heavy atom. The molecule has 0 aromatic heterocycles. The van der Waals surface area contributed by atoms with Gasteiger partial charge in [0.25, 0.3) is 0 Å². The summed E-state index contributed by atoms with van der Waals surface area (Å²) in [7, 11) is 0. The zero-order valence-electron chi connectivity index (χ0n) is 11.5. The van der Waals surface area contributed by atoms with Crippen molar-refractivity contribution in [2.24, 2.45) is 0 Å². The van der Waals surface area contributed by atoms with Crippen molar-refractivity contribution in [2.75, 3.05) is 46.2 Å². The third-order valence-corrected chi connectivity index (χ3v) is 2.16. The first-order chi connectivity index (χ1) is 8.81. The summed E-state index contributed by atoms with van der Waals surface area (Å²) < 4.78 is 21.1. The zero-order valence-corrected chi connectivity index (χ0v) is 11.5. The van der Waals surface area contributed by atoms with E-state index in [0.29, 0.717) is 39.6 Å². The average molecular weight is 259 g/mol. The van der Waals surface area contributed by atoms with Gasteiger partial charge in [-0.05, 0) is 13.3 Å². The Morgan fingerprint density at radius 2 is 1.39 bits per heavy atom. The van der Waals surface area contributed by atoms with Crippen LogP contribution in [0.4, 0.5) is 0 Å². The molecule has 0 radical (unpaired) electrons. The third kappa shape index (κ3) is 13.4. The van der Waals surface area contributed by atoms with Gasteiger partial charge in [0.05, 0.1) is 45.7 Å². The number of nitriles is 1. The lowest BCUT2D eigenvalue weighted by molar-refractivity contribution is -0.00705. The smallest absolute Gasteiger partial charge is 0.141 e. The van der Waals surface area contributed by atoms with Gasteiger partial charge in [0.1, 0.15) is 6.10 Å². The van der Waals surface area contributed by atoms with Crippen LogP contribution in [0, 0.1) is 11.3 Å². The van der Waals surface area contributed by atoms with Gasteiger partial charge in [0.15, 0.2) is 0 Å². The van der Waals surface area contributed by atoms with E-state index in [2.05, 4.69) is 6.92 Å². The van der Waals surface area contributed by atoms with Crippen LogP contribution in [0.5, 0.6) is 0 Å². The van der Waals surface area contributed by atoms with Crippen LogP contribution in [-0.2, 0) is 18.9 Å². The third-order valence-electron chi connectivity index (χ3n) is 2.16. The predicted molar refractivity (Wildman–Crippen MR) is 68.4 cm³/mol. The van der Waals surface area contributed by atoms with Gasteiger partial charge in [0, 0.05) is 6.61 Å². The fraction of sp³-hybridized carbons (Fsp3) is 0.923. The second kappa shape index (κ2) is 14.4. The molecule has 0 aliphatic rings. The summed E-state index contributed by atoms with van der Waals surface area (Å²) in [6.07, 6.45) is 1.89. The van der Waals surface area contributed by atoms with Crippen LogP contribution in [0.2, 0.25) is 0 Å². The van der Waals surface area contributed by atoms with E-state index in [1.54, 1.807) is 6.92 Å². The van der Waals surface area contributed by atoms with E-state index >= 15 is 0 Å². The first kappa shape index (κ1) is 17.3. The maximum atomic E-state index is 8.46. The molecule has 18 heavy (non-hydrogen) atoms. The van der Waals surface area contributed by atoms with Gasteiger partial charge in [0.2, 0.25) is 0 Å². The lowest BCUT2D eigenvalue weighted by Gasteiger charge is -2.07.